The van der Waals surface area contributed by atoms with Gasteiger partial charge in [0.2, 0.25) is 0 Å². The molecule has 0 fully saturated rings. The number of nitriles is 1. The minimum Gasteiger partial charge on any atom is -0.280 e. The normalized spacial score (nSPS) is 10.8. The van der Waals surface area contributed by atoms with Crippen LogP contribution in [0.25, 0.3) is 0 Å². The summed E-state index contributed by atoms with van der Waals surface area (Å²) < 4.78 is 40.4. The highest BCUT2D eigenvalue weighted by molar-refractivity contribution is 9.10. The first-order chi connectivity index (χ1) is 9.42. The van der Waals surface area contributed by atoms with Crippen LogP contribution in [0, 0.1) is 17.1 Å². The minimum atomic E-state index is -3.79. The van der Waals surface area contributed by atoms with Gasteiger partial charge in [-0.1, -0.05) is 22.0 Å². The van der Waals surface area contributed by atoms with Gasteiger partial charge in [-0.05, 0) is 36.4 Å². The van der Waals surface area contributed by atoms with Crippen LogP contribution in [0.5, 0.6) is 0 Å². The largest absolute Gasteiger partial charge is 0.280 e. The zero-order valence-corrected chi connectivity index (χ0v) is 12.4. The monoisotopic (exact) mass is 354 g/mol. The maximum atomic E-state index is 13.2. The molecule has 0 saturated carbocycles. The number of anilines is 1. The van der Waals surface area contributed by atoms with Crippen molar-refractivity contribution in [2.75, 3.05) is 4.72 Å². The highest BCUT2D eigenvalue weighted by atomic mass is 79.9. The van der Waals surface area contributed by atoms with E-state index in [4.69, 9.17) is 5.26 Å². The highest BCUT2D eigenvalue weighted by Crippen LogP contribution is 2.21. The molecule has 2 rings (SSSR count). The molecule has 0 bridgehead atoms. The fourth-order valence-corrected chi connectivity index (χ4v) is 3.17. The van der Waals surface area contributed by atoms with Gasteiger partial charge in [0.1, 0.15) is 11.9 Å². The topological polar surface area (TPSA) is 70.0 Å². The lowest BCUT2D eigenvalue weighted by Gasteiger charge is -2.08. The number of rotatable bonds is 3. The van der Waals surface area contributed by atoms with Crippen LogP contribution < -0.4 is 4.72 Å². The molecule has 0 radical (unpaired) electrons. The van der Waals surface area contributed by atoms with Gasteiger partial charge in [0.25, 0.3) is 10.0 Å². The number of nitrogens with zero attached hydrogens (tertiary/aromatic N) is 1. The van der Waals surface area contributed by atoms with Gasteiger partial charge >= 0.3 is 0 Å². The lowest BCUT2D eigenvalue weighted by molar-refractivity contribution is 0.601. The summed E-state index contributed by atoms with van der Waals surface area (Å²) >= 11 is 3.19. The smallest absolute Gasteiger partial charge is 0.261 e. The molecule has 0 aliphatic rings. The second-order valence-electron chi connectivity index (χ2n) is 3.87. The minimum absolute atomic E-state index is 0.0645. The quantitative estimate of drug-likeness (QED) is 0.919. The molecule has 0 saturated heterocycles. The van der Waals surface area contributed by atoms with Crippen LogP contribution in [0.2, 0.25) is 0 Å². The molecule has 0 spiro atoms. The summed E-state index contributed by atoms with van der Waals surface area (Å²) in [5.74, 6) is -0.696. The fourth-order valence-electron chi connectivity index (χ4n) is 1.52. The maximum absolute atomic E-state index is 13.2. The summed E-state index contributed by atoms with van der Waals surface area (Å²) in [5, 5.41) is 8.72. The second-order valence-corrected chi connectivity index (χ2v) is 6.47. The van der Waals surface area contributed by atoms with Crippen LogP contribution in [-0.4, -0.2) is 8.42 Å². The van der Waals surface area contributed by atoms with Crippen molar-refractivity contribution < 1.29 is 12.8 Å². The lowest BCUT2D eigenvalue weighted by atomic mass is 10.2. The van der Waals surface area contributed by atoms with Crippen LogP contribution in [0.15, 0.2) is 51.8 Å². The Balaban J connectivity index is 2.36. The van der Waals surface area contributed by atoms with Crippen molar-refractivity contribution in [1.29, 1.82) is 5.26 Å². The summed E-state index contributed by atoms with van der Waals surface area (Å²) in [6.45, 7) is 0. The molecule has 7 heteroatoms. The third-order valence-corrected chi connectivity index (χ3v) is 4.32. The number of halogens is 2. The van der Waals surface area contributed by atoms with Gasteiger partial charge in [-0.2, -0.15) is 5.26 Å². The van der Waals surface area contributed by atoms with Crippen molar-refractivity contribution >= 4 is 31.6 Å². The van der Waals surface area contributed by atoms with E-state index in [1.54, 1.807) is 18.2 Å². The predicted octanol–water partition coefficient (Wildman–Crippen LogP) is 3.26. The highest BCUT2D eigenvalue weighted by Gasteiger charge is 2.15. The van der Waals surface area contributed by atoms with E-state index in [9.17, 15) is 12.8 Å². The molecule has 0 aliphatic carbocycles. The Kier molecular flexibility index (Phi) is 4.06. The van der Waals surface area contributed by atoms with E-state index in [1.807, 2.05) is 0 Å². The first kappa shape index (κ1) is 14.5. The molecule has 2 aromatic rings. The fraction of sp³-hybridized carbons (Fsp3) is 0. The summed E-state index contributed by atoms with van der Waals surface area (Å²) in [4.78, 5) is 0.0645. The number of benzene rings is 2. The molecule has 0 amide bonds. The molecule has 2 aromatic carbocycles. The molecule has 0 aromatic heterocycles. The van der Waals surface area contributed by atoms with E-state index in [0.717, 1.165) is 12.1 Å². The first-order valence-electron chi connectivity index (χ1n) is 5.40. The van der Waals surface area contributed by atoms with Crippen LogP contribution >= 0.6 is 15.9 Å². The average molecular weight is 355 g/mol. The maximum Gasteiger partial charge on any atom is 0.261 e. The van der Waals surface area contributed by atoms with E-state index in [-0.39, 0.29) is 16.1 Å². The third-order valence-electron chi connectivity index (χ3n) is 2.45. The van der Waals surface area contributed by atoms with E-state index >= 15 is 0 Å². The van der Waals surface area contributed by atoms with E-state index in [1.165, 1.54) is 18.2 Å². The van der Waals surface area contributed by atoms with Gasteiger partial charge in [0.05, 0.1) is 16.1 Å². The molecule has 0 aliphatic heterocycles. The van der Waals surface area contributed by atoms with Crippen molar-refractivity contribution in [2.45, 2.75) is 4.90 Å². The van der Waals surface area contributed by atoms with Gasteiger partial charge in [0.15, 0.2) is 0 Å². The van der Waals surface area contributed by atoms with Crippen molar-refractivity contribution in [3.8, 4) is 6.07 Å². The first-order valence-corrected chi connectivity index (χ1v) is 7.68. The number of nitrogens with one attached hydrogen (secondary N) is 1. The van der Waals surface area contributed by atoms with Crippen LogP contribution in [-0.2, 0) is 10.0 Å². The third kappa shape index (κ3) is 3.15. The Hall–Kier alpha value is -1.91. The van der Waals surface area contributed by atoms with Crippen molar-refractivity contribution in [2.24, 2.45) is 0 Å². The summed E-state index contributed by atoms with van der Waals surface area (Å²) in [6.07, 6.45) is 0. The van der Waals surface area contributed by atoms with E-state index < -0.39 is 15.8 Å². The predicted molar refractivity (Wildman–Crippen MR) is 76.1 cm³/mol. The second kappa shape index (κ2) is 5.61. The van der Waals surface area contributed by atoms with Gasteiger partial charge in [-0.15, -0.1) is 0 Å². The lowest BCUT2D eigenvalue weighted by Crippen LogP contribution is -2.13. The van der Waals surface area contributed by atoms with Crippen molar-refractivity contribution in [3.63, 3.8) is 0 Å². The van der Waals surface area contributed by atoms with Crippen molar-refractivity contribution in [1.82, 2.24) is 0 Å². The molecule has 4 nitrogen and oxygen atoms in total. The molecular formula is C13H8BrFN2O2S. The number of hydrogen-bond acceptors (Lipinski definition) is 3. The van der Waals surface area contributed by atoms with Crippen LogP contribution in [0.1, 0.15) is 5.56 Å². The van der Waals surface area contributed by atoms with Gasteiger partial charge < -0.3 is 0 Å². The Morgan fingerprint density at radius 1 is 1.20 bits per heavy atom. The van der Waals surface area contributed by atoms with Gasteiger partial charge in [0, 0.05) is 4.47 Å². The van der Waals surface area contributed by atoms with E-state index in [2.05, 4.69) is 20.7 Å². The SMILES string of the molecule is N#Cc1cc(NS(=O)(=O)c2cccc(Br)c2)ccc1F. The standard InChI is InChI=1S/C13H8BrFN2O2S/c14-10-2-1-3-12(7-10)20(18,19)17-11-4-5-13(15)9(6-11)8-16/h1-7,17H. The summed E-state index contributed by atoms with van der Waals surface area (Å²) in [6, 6.07) is 11.3. The molecule has 0 unspecified atom stereocenters. The summed E-state index contributed by atoms with van der Waals surface area (Å²) in [7, 11) is -3.79. The molecular weight excluding hydrogens is 347 g/mol. The summed E-state index contributed by atoms with van der Waals surface area (Å²) in [5.41, 5.74) is -0.0950. The number of hydrogen-bond donors (Lipinski definition) is 1. The molecule has 1 N–H and O–H groups in total. The van der Waals surface area contributed by atoms with Crippen molar-refractivity contribution in [3.05, 3.63) is 58.3 Å². The Labute approximate surface area is 124 Å². The molecule has 102 valence electrons. The molecule has 0 heterocycles. The van der Waals surface area contributed by atoms with E-state index in [0.29, 0.717) is 4.47 Å². The average Bonchev–Trinajstić information content (AvgIpc) is 2.40. The number of sulfonamides is 1. The Bertz CT molecular complexity index is 800. The molecule has 20 heavy (non-hydrogen) atoms. The zero-order chi connectivity index (χ0) is 14.8. The zero-order valence-electron chi connectivity index (χ0n) is 9.97. The van der Waals surface area contributed by atoms with Crippen LogP contribution in [0.3, 0.4) is 0 Å². The van der Waals surface area contributed by atoms with Gasteiger partial charge in [-0.3, -0.25) is 4.72 Å². The Morgan fingerprint density at radius 2 is 1.95 bits per heavy atom. The molecule has 0 atom stereocenters. The van der Waals surface area contributed by atoms with Crippen LogP contribution in [0.4, 0.5) is 10.1 Å². The Morgan fingerprint density at radius 3 is 2.60 bits per heavy atom. The van der Waals surface area contributed by atoms with Gasteiger partial charge in [-0.25, -0.2) is 12.8 Å².